The number of amides is 1. The maximum Gasteiger partial charge on any atom is 0.256 e. The van der Waals surface area contributed by atoms with E-state index >= 15 is 0 Å². The van der Waals surface area contributed by atoms with Crippen LogP contribution in [-0.4, -0.2) is 61.1 Å². The highest BCUT2D eigenvalue weighted by Crippen LogP contribution is 2.21. The topological polar surface area (TPSA) is 32.8 Å². The van der Waals surface area contributed by atoms with Crippen molar-refractivity contribution < 1.29 is 13.9 Å². The summed E-state index contributed by atoms with van der Waals surface area (Å²) in [5.41, 5.74) is 0.124. The summed E-state index contributed by atoms with van der Waals surface area (Å²) in [6.45, 7) is 6.87. The van der Waals surface area contributed by atoms with Crippen molar-refractivity contribution in [2.75, 3.05) is 33.4 Å². The van der Waals surface area contributed by atoms with Gasteiger partial charge in [0, 0.05) is 43.3 Å². The van der Waals surface area contributed by atoms with Crippen molar-refractivity contribution in [2.24, 2.45) is 0 Å². The van der Waals surface area contributed by atoms with Gasteiger partial charge in [0.25, 0.3) is 5.91 Å². The lowest BCUT2D eigenvalue weighted by atomic mass is 10.1. The number of piperazine rings is 1. The number of benzene rings is 1. The lowest BCUT2D eigenvalue weighted by molar-refractivity contribution is 0.0191. The van der Waals surface area contributed by atoms with Crippen LogP contribution in [0.15, 0.2) is 22.7 Å². The summed E-state index contributed by atoms with van der Waals surface area (Å²) >= 11 is 3.29. The molecule has 1 saturated heterocycles. The van der Waals surface area contributed by atoms with Crippen LogP contribution in [0.5, 0.6) is 0 Å². The molecule has 1 heterocycles. The van der Waals surface area contributed by atoms with Crippen LogP contribution in [0.1, 0.15) is 24.2 Å². The lowest BCUT2D eigenvalue weighted by Crippen LogP contribution is -2.58. The molecule has 22 heavy (non-hydrogen) atoms. The summed E-state index contributed by atoms with van der Waals surface area (Å²) < 4.78 is 19.8. The molecule has 0 aromatic heterocycles. The normalized spacial score (nSPS) is 22.9. The summed E-state index contributed by atoms with van der Waals surface area (Å²) in [5.74, 6) is -0.723. The van der Waals surface area contributed by atoms with Crippen molar-refractivity contribution in [3.05, 3.63) is 34.1 Å². The van der Waals surface area contributed by atoms with E-state index in [2.05, 4.69) is 34.7 Å². The number of nitrogens with zero attached hydrogens (tertiary/aromatic N) is 2. The van der Waals surface area contributed by atoms with Gasteiger partial charge >= 0.3 is 0 Å². The van der Waals surface area contributed by atoms with Gasteiger partial charge < -0.3 is 9.64 Å². The first kappa shape index (κ1) is 17.4. The predicted molar refractivity (Wildman–Crippen MR) is 87.5 cm³/mol. The fraction of sp³-hybridized carbons (Fsp3) is 0.562. The molecule has 0 bridgehead atoms. The first-order valence-electron chi connectivity index (χ1n) is 7.43. The first-order chi connectivity index (χ1) is 10.4. The van der Waals surface area contributed by atoms with E-state index in [-0.39, 0.29) is 23.6 Å². The second-order valence-electron chi connectivity index (χ2n) is 5.76. The highest BCUT2D eigenvalue weighted by Gasteiger charge is 2.32. The molecule has 0 saturated carbocycles. The van der Waals surface area contributed by atoms with Gasteiger partial charge in [-0.2, -0.15) is 0 Å². The molecule has 0 radical (unpaired) electrons. The van der Waals surface area contributed by atoms with E-state index < -0.39 is 5.82 Å². The Kier molecular flexibility index (Phi) is 5.94. The average Bonchev–Trinajstić information content (AvgIpc) is 2.48. The summed E-state index contributed by atoms with van der Waals surface area (Å²) in [7, 11) is 1.69. The lowest BCUT2D eigenvalue weighted by Gasteiger charge is -2.44. The van der Waals surface area contributed by atoms with Crippen molar-refractivity contribution in [1.82, 2.24) is 9.80 Å². The van der Waals surface area contributed by atoms with Gasteiger partial charge in [0.05, 0.1) is 12.2 Å². The monoisotopic (exact) mass is 372 g/mol. The van der Waals surface area contributed by atoms with Gasteiger partial charge in [-0.05, 0) is 32.0 Å². The highest BCUT2D eigenvalue weighted by molar-refractivity contribution is 9.10. The van der Waals surface area contributed by atoms with E-state index in [0.717, 1.165) is 6.54 Å². The smallest absolute Gasteiger partial charge is 0.256 e. The molecule has 0 spiro atoms. The molecule has 1 aromatic carbocycles. The van der Waals surface area contributed by atoms with Crippen LogP contribution in [-0.2, 0) is 4.74 Å². The molecular weight excluding hydrogens is 351 g/mol. The van der Waals surface area contributed by atoms with Crippen LogP contribution in [0.2, 0.25) is 0 Å². The Balaban J connectivity index is 2.11. The number of carbonyl (C=O) groups excluding carboxylic acids is 1. The third-order valence-electron chi connectivity index (χ3n) is 4.10. The van der Waals surface area contributed by atoms with Crippen LogP contribution in [0.3, 0.4) is 0 Å². The number of methoxy groups -OCH3 is 1. The standard InChI is InChI=1S/C16H22BrFN2O2/c1-11-9-19(10-12(2)20(11)6-7-22-3)16(21)14-8-13(17)4-5-15(14)18/h4-5,8,11-12H,6-7,9-10H2,1-3H3. The van der Waals surface area contributed by atoms with Gasteiger partial charge in [-0.25, -0.2) is 4.39 Å². The van der Waals surface area contributed by atoms with Crippen molar-refractivity contribution in [3.63, 3.8) is 0 Å². The van der Waals surface area contributed by atoms with Crippen LogP contribution >= 0.6 is 15.9 Å². The van der Waals surface area contributed by atoms with Gasteiger partial charge in [-0.3, -0.25) is 9.69 Å². The minimum atomic E-state index is -0.477. The zero-order valence-corrected chi connectivity index (χ0v) is 14.8. The number of rotatable bonds is 4. The van der Waals surface area contributed by atoms with Gasteiger partial charge in [-0.15, -0.1) is 0 Å². The Bertz CT molecular complexity index is 529. The molecule has 6 heteroatoms. The molecule has 0 aliphatic carbocycles. The maximum atomic E-state index is 13.9. The minimum absolute atomic E-state index is 0.124. The molecule has 1 fully saturated rings. The Morgan fingerprint density at radius 2 is 2.00 bits per heavy atom. The van der Waals surface area contributed by atoms with Crippen molar-refractivity contribution in [1.29, 1.82) is 0 Å². The Hall–Kier alpha value is -0.980. The van der Waals surface area contributed by atoms with Gasteiger partial charge in [0.1, 0.15) is 5.82 Å². The summed E-state index contributed by atoms with van der Waals surface area (Å²) in [4.78, 5) is 16.7. The molecule has 1 amide bonds. The van der Waals surface area contributed by atoms with Crippen LogP contribution in [0.4, 0.5) is 4.39 Å². The molecule has 2 rings (SSSR count). The third kappa shape index (κ3) is 3.86. The third-order valence-corrected chi connectivity index (χ3v) is 4.59. The van der Waals surface area contributed by atoms with Crippen molar-refractivity contribution >= 4 is 21.8 Å². The summed E-state index contributed by atoms with van der Waals surface area (Å²) in [6.07, 6.45) is 0. The molecule has 1 aliphatic rings. The van der Waals surface area contributed by atoms with Crippen molar-refractivity contribution in [2.45, 2.75) is 25.9 Å². The molecule has 1 aliphatic heterocycles. The van der Waals surface area contributed by atoms with E-state index in [4.69, 9.17) is 4.74 Å². The number of carbonyl (C=O) groups is 1. The van der Waals surface area contributed by atoms with Gasteiger partial charge in [0.15, 0.2) is 0 Å². The Morgan fingerprint density at radius 3 is 2.59 bits per heavy atom. The fourth-order valence-electron chi connectivity index (χ4n) is 2.99. The van der Waals surface area contributed by atoms with Crippen LogP contribution in [0.25, 0.3) is 0 Å². The Morgan fingerprint density at radius 1 is 1.36 bits per heavy atom. The zero-order valence-electron chi connectivity index (χ0n) is 13.2. The maximum absolute atomic E-state index is 13.9. The van der Waals surface area contributed by atoms with E-state index in [1.807, 2.05) is 0 Å². The van der Waals surface area contributed by atoms with E-state index in [1.165, 1.54) is 6.07 Å². The minimum Gasteiger partial charge on any atom is -0.383 e. The van der Waals surface area contributed by atoms with E-state index in [1.54, 1.807) is 24.1 Å². The number of hydrogen-bond acceptors (Lipinski definition) is 3. The van der Waals surface area contributed by atoms with Crippen molar-refractivity contribution in [3.8, 4) is 0 Å². The molecule has 4 nitrogen and oxygen atoms in total. The molecule has 1 aromatic rings. The zero-order chi connectivity index (χ0) is 16.3. The largest absolute Gasteiger partial charge is 0.383 e. The Labute approximate surface area is 139 Å². The quantitative estimate of drug-likeness (QED) is 0.814. The first-order valence-corrected chi connectivity index (χ1v) is 8.22. The number of halogens is 2. The molecule has 2 unspecified atom stereocenters. The van der Waals surface area contributed by atoms with Gasteiger partial charge in [-0.1, -0.05) is 15.9 Å². The van der Waals surface area contributed by atoms with Crippen LogP contribution < -0.4 is 0 Å². The van der Waals surface area contributed by atoms with E-state index in [0.29, 0.717) is 24.2 Å². The fourth-order valence-corrected chi connectivity index (χ4v) is 3.35. The van der Waals surface area contributed by atoms with Gasteiger partial charge in [0.2, 0.25) is 0 Å². The average molecular weight is 373 g/mol. The SMILES string of the molecule is COCCN1C(C)CN(C(=O)c2cc(Br)ccc2F)CC1C. The molecule has 122 valence electrons. The number of hydrogen-bond donors (Lipinski definition) is 0. The van der Waals surface area contributed by atoms with Crippen LogP contribution in [0, 0.1) is 5.82 Å². The molecule has 0 N–H and O–H groups in total. The van der Waals surface area contributed by atoms with E-state index in [9.17, 15) is 9.18 Å². The second kappa shape index (κ2) is 7.53. The predicted octanol–water partition coefficient (Wildman–Crippen LogP) is 2.77. The summed E-state index contributed by atoms with van der Waals surface area (Å²) in [5, 5.41) is 0. The summed E-state index contributed by atoms with van der Waals surface area (Å²) in [6, 6.07) is 4.90. The highest BCUT2D eigenvalue weighted by atomic mass is 79.9. The molecule has 2 atom stereocenters. The molecular formula is C16H22BrFN2O2. The second-order valence-corrected chi connectivity index (χ2v) is 6.68. The number of ether oxygens (including phenoxy) is 1.